The normalized spacial score (nSPS) is 15.1. The van der Waals surface area contributed by atoms with Crippen LogP contribution in [-0.2, 0) is 26.2 Å². The first-order valence-corrected chi connectivity index (χ1v) is 14.4. The molecule has 2 aromatic carbocycles. The van der Waals surface area contributed by atoms with Crippen molar-refractivity contribution in [3.05, 3.63) is 62.7 Å². The molecule has 1 aliphatic rings. The number of nitrogens with zero attached hydrogens (tertiary/aromatic N) is 2. The molecule has 184 valence electrons. The van der Waals surface area contributed by atoms with Crippen molar-refractivity contribution in [3.63, 3.8) is 0 Å². The molecule has 0 aromatic heterocycles. The summed E-state index contributed by atoms with van der Waals surface area (Å²) in [5.41, 5.74) is 1.14. The first-order valence-electron chi connectivity index (χ1n) is 11.1. The van der Waals surface area contributed by atoms with E-state index in [0.29, 0.717) is 10.7 Å². The molecule has 1 fully saturated rings. The van der Waals surface area contributed by atoms with Crippen molar-refractivity contribution in [1.29, 1.82) is 0 Å². The molecule has 1 atom stereocenters. The molecule has 1 saturated carbocycles. The minimum Gasteiger partial charge on any atom is -0.352 e. The van der Waals surface area contributed by atoms with Crippen LogP contribution in [0.25, 0.3) is 0 Å². The standard InChI is InChI=1S/C24H29ClIN3O4S/c1-17(24(31)27-21-8-3-4-9-21)28(15-18-6-5-7-19(25)14-18)23(30)16-29(34(2,32)33)22-12-10-20(26)11-13-22/h5-7,10-14,17,21H,3-4,8-9,15-16H2,1-2H3,(H,27,31). The Labute approximate surface area is 220 Å². The number of amides is 2. The summed E-state index contributed by atoms with van der Waals surface area (Å²) in [7, 11) is -3.74. The van der Waals surface area contributed by atoms with Gasteiger partial charge in [-0.15, -0.1) is 0 Å². The molecule has 7 nitrogen and oxygen atoms in total. The van der Waals surface area contributed by atoms with E-state index in [0.717, 1.165) is 45.4 Å². The number of halogens is 2. The summed E-state index contributed by atoms with van der Waals surface area (Å²) >= 11 is 8.26. The molecule has 0 bridgehead atoms. The third kappa shape index (κ3) is 7.32. The summed E-state index contributed by atoms with van der Waals surface area (Å²) in [4.78, 5) is 28.0. The Morgan fingerprint density at radius 2 is 1.79 bits per heavy atom. The summed E-state index contributed by atoms with van der Waals surface area (Å²) < 4.78 is 27.1. The van der Waals surface area contributed by atoms with E-state index in [9.17, 15) is 18.0 Å². The second-order valence-corrected chi connectivity index (χ2v) is 12.2. The summed E-state index contributed by atoms with van der Waals surface area (Å²) in [6, 6.07) is 13.3. The fourth-order valence-electron chi connectivity index (χ4n) is 4.03. The minimum atomic E-state index is -3.74. The first kappa shape index (κ1) is 26.7. The number of benzene rings is 2. The molecule has 2 aromatic rings. The number of hydrogen-bond acceptors (Lipinski definition) is 4. The lowest BCUT2D eigenvalue weighted by Gasteiger charge is -2.32. The van der Waals surface area contributed by atoms with Crippen molar-refractivity contribution in [2.75, 3.05) is 17.1 Å². The quantitative estimate of drug-likeness (QED) is 0.428. The van der Waals surface area contributed by atoms with Crippen LogP contribution in [0.5, 0.6) is 0 Å². The SMILES string of the molecule is CC(C(=O)NC1CCCC1)N(Cc1cccc(Cl)c1)C(=O)CN(c1ccc(I)cc1)S(C)(=O)=O. The number of anilines is 1. The highest BCUT2D eigenvalue weighted by atomic mass is 127. The molecule has 1 aliphatic carbocycles. The second-order valence-electron chi connectivity index (χ2n) is 8.56. The Morgan fingerprint density at radius 3 is 2.38 bits per heavy atom. The van der Waals surface area contributed by atoms with E-state index >= 15 is 0 Å². The van der Waals surface area contributed by atoms with Gasteiger partial charge in [0.1, 0.15) is 12.6 Å². The maximum atomic E-state index is 13.5. The minimum absolute atomic E-state index is 0.109. The van der Waals surface area contributed by atoms with Crippen molar-refractivity contribution >= 4 is 61.7 Å². The van der Waals surface area contributed by atoms with Crippen molar-refractivity contribution in [2.45, 2.75) is 51.2 Å². The number of rotatable bonds is 9. The van der Waals surface area contributed by atoms with Crippen molar-refractivity contribution < 1.29 is 18.0 Å². The third-order valence-corrected chi connectivity index (χ3v) is 8.00. The Bertz CT molecular complexity index is 1120. The molecular weight excluding hydrogens is 589 g/mol. The van der Waals surface area contributed by atoms with Gasteiger partial charge < -0.3 is 10.2 Å². The Balaban J connectivity index is 1.87. The second kappa shape index (κ2) is 11.7. The fourth-order valence-corrected chi connectivity index (χ4v) is 5.45. The van der Waals surface area contributed by atoms with E-state index in [-0.39, 0.29) is 18.5 Å². The summed E-state index contributed by atoms with van der Waals surface area (Å²) in [6.07, 6.45) is 5.06. The summed E-state index contributed by atoms with van der Waals surface area (Å²) in [5, 5.41) is 3.56. The van der Waals surface area contributed by atoms with Gasteiger partial charge in [-0.3, -0.25) is 13.9 Å². The van der Waals surface area contributed by atoms with Crippen molar-refractivity contribution in [3.8, 4) is 0 Å². The molecular formula is C24H29ClIN3O4S. The molecule has 0 spiro atoms. The van der Waals surface area contributed by atoms with Crippen LogP contribution in [0.4, 0.5) is 5.69 Å². The van der Waals surface area contributed by atoms with Gasteiger partial charge in [0.05, 0.1) is 11.9 Å². The maximum absolute atomic E-state index is 13.5. The average Bonchev–Trinajstić information content (AvgIpc) is 3.28. The van der Waals surface area contributed by atoms with Gasteiger partial charge in [-0.05, 0) is 84.3 Å². The topological polar surface area (TPSA) is 86.8 Å². The highest BCUT2D eigenvalue weighted by Gasteiger charge is 2.31. The highest BCUT2D eigenvalue weighted by molar-refractivity contribution is 14.1. The molecule has 0 saturated heterocycles. The van der Waals surface area contributed by atoms with E-state index in [4.69, 9.17) is 11.6 Å². The van der Waals surface area contributed by atoms with E-state index < -0.39 is 28.5 Å². The van der Waals surface area contributed by atoms with E-state index in [1.54, 1.807) is 49.4 Å². The lowest BCUT2D eigenvalue weighted by atomic mass is 10.1. The number of nitrogens with one attached hydrogen (secondary N) is 1. The lowest BCUT2D eigenvalue weighted by Crippen LogP contribution is -2.52. The van der Waals surface area contributed by atoms with Gasteiger partial charge in [-0.2, -0.15) is 0 Å². The van der Waals surface area contributed by atoms with Crippen LogP contribution in [0.1, 0.15) is 38.2 Å². The van der Waals surface area contributed by atoms with Crippen molar-refractivity contribution in [2.24, 2.45) is 0 Å². The molecule has 2 amide bonds. The van der Waals surface area contributed by atoms with Gasteiger partial charge in [0.25, 0.3) is 0 Å². The predicted molar refractivity (Wildman–Crippen MR) is 143 cm³/mol. The first-order chi connectivity index (χ1) is 16.0. The van der Waals surface area contributed by atoms with Crippen LogP contribution in [0.15, 0.2) is 48.5 Å². The number of carbonyl (C=O) groups excluding carboxylic acids is 2. The molecule has 1 unspecified atom stereocenters. The molecule has 34 heavy (non-hydrogen) atoms. The van der Waals surface area contributed by atoms with Crippen LogP contribution in [0.2, 0.25) is 5.02 Å². The molecule has 0 heterocycles. The number of hydrogen-bond donors (Lipinski definition) is 1. The maximum Gasteiger partial charge on any atom is 0.244 e. The zero-order valence-corrected chi connectivity index (χ0v) is 22.9. The summed E-state index contributed by atoms with van der Waals surface area (Å²) in [6.45, 7) is 1.38. The summed E-state index contributed by atoms with van der Waals surface area (Å²) in [5.74, 6) is -0.722. The predicted octanol–water partition coefficient (Wildman–Crippen LogP) is 4.19. The third-order valence-electron chi connectivity index (χ3n) is 5.90. The average molecular weight is 618 g/mol. The van der Waals surface area contributed by atoms with Crippen LogP contribution in [-0.4, -0.2) is 50.0 Å². The highest BCUT2D eigenvalue weighted by Crippen LogP contribution is 2.22. The smallest absolute Gasteiger partial charge is 0.244 e. The zero-order chi connectivity index (χ0) is 24.9. The largest absolute Gasteiger partial charge is 0.352 e. The molecule has 3 rings (SSSR count). The molecule has 1 N–H and O–H groups in total. The van der Waals surface area contributed by atoms with E-state index in [1.807, 2.05) is 6.07 Å². The molecule has 10 heteroatoms. The van der Waals surface area contributed by atoms with Gasteiger partial charge in [-0.1, -0.05) is 36.6 Å². The van der Waals surface area contributed by atoms with E-state index in [2.05, 4.69) is 27.9 Å². The lowest BCUT2D eigenvalue weighted by molar-refractivity contribution is -0.139. The van der Waals surface area contributed by atoms with Crippen molar-refractivity contribution in [1.82, 2.24) is 10.2 Å². The van der Waals surface area contributed by atoms with Gasteiger partial charge in [0, 0.05) is 21.2 Å². The van der Waals surface area contributed by atoms with Crippen LogP contribution < -0.4 is 9.62 Å². The van der Waals surface area contributed by atoms with E-state index in [1.165, 1.54) is 4.90 Å². The fraction of sp³-hybridized carbons (Fsp3) is 0.417. The van der Waals surface area contributed by atoms with Crippen LogP contribution in [0, 0.1) is 3.57 Å². The van der Waals surface area contributed by atoms with Gasteiger partial charge in [0.2, 0.25) is 21.8 Å². The number of carbonyl (C=O) groups is 2. The number of sulfonamides is 1. The van der Waals surface area contributed by atoms with Gasteiger partial charge in [-0.25, -0.2) is 8.42 Å². The monoisotopic (exact) mass is 617 g/mol. The Kier molecular flexibility index (Phi) is 9.22. The van der Waals surface area contributed by atoms with Crippen LogP contribution >= 0.6 is 34.2 Å². The molecule has 0 radical (unpaired) electrons. The molecule has 0 aliphatic heterocycles. The Morgan fingerprint density at radius 1 is 1.15 bits per heavy atom. The van der Waals surface area contributed by atoms with Crippen LogP contribution in [0.3, 0.4) is 0 Å². The Hall–Kier alpha value is -1.85. The van der Waals surface area contributed by atoms with Gasteiger partial charge in [0.15, 0.2) is 0 Å². The zero-order valence-electron chi connectivity index (χ0n) is 19.2. The van der Waals surface area contributed by atoms with Gasteiger partial charge >= 0.3 is 0 Å².